The number of hydroxylamine groups is 2. The number of carbonyl (C=O) groups is 1. The number of hydrogen-bond donors (Lipinski definition) is 1. The SMILES string of the molecule is COc1cc2c(cc1OC)C(C(=O)N(C)OC)CC(C)N2. The first-order valence-corrected chi connectivity index (χ1v) is 6.86. The van der Waals surface area contributed by atoms with Gasteiger partial charge in [-0.05, 0) is 25.0 Å². The molecule has 1 aliphatic rings. The summed E-state index contributed by atoms with van der Waals surface area (Å²) < 4.78 is 10.7. The highest BCUT2D eigenvalue weighted by Gasteiger charge is 2.33. The van der Waals surface area contributed by atoms with Gasteiger partial charge in [-0.1, -0.05) is 0 Å². The van der Waals surface area contributed by atoms with Crippen LogP contribution in [0.25, 0.3) is 0 Å². The van der Waals surface area contributed by atoms with Crippen molar-refractivity contribution in [3.8, 4) is 11.5 Å². The molecular weight excluding hydrogens is 272 g/mol. The van der Waals surface area contributed by atoms with Crippen molar-refractivity contribution in [3.63, 3.8) is 0 Å². The number of rotatable bonds is 4. The third kappa shape index (κ3) is 2.90. The minimum atomic E-state index is -0.263. The zero-order valence-electron chi connectivity index (χ0n) is 13.1. The number of anilines is 1. The van der Waals surface area contributed by atoms with Crippen LogP contribution in [0, 0.1) is 0 Å². The highest BCUT2D eigenvalue weighted by molar-refractivity contribution is 5.86. The van der Waals surface area contributed by atoms with Crippen LogP contribution in [0.2, 0.25) is 0 Å². The number of ether oxygens (including phenoxy) is 2. The lowest BCUT2D eigenvalue weighted by atomic mass is 9.86. The van der Waals surface area contributed by atoms with E-state index in [1.807, 2.05) is 19.1 Å². The lowest BCUT2D eigenvalue weighted by Crippen LogP contribution is -2.36. The minimum absolute atomic E-state index is 0.0701. The molecule has 0 saturated heterocycles. The molecule has 0 aliphatic carbocycles. The number of benzene rings is 1. The third-order valence-corrected chi connectivity index (χ3v) is 3.80. The first-order chi connectivity index (χ1) is 10.0. The van der Waals surface area contributed by atoms with Crippen molar-refractivity contribution in [2.24, 2.45) is 0 Å². The number of nitrogens with zero attached hydrogens (tertiary/aromatic N) is 1. The Balaban J connectivity index is 2.47. The molecule has 2 unspecified atom stereocenters. The molecule has 1 aromatic carbocycles. The number of fused-ring (bicyclic) bond motifs is 1. The summed E-state index contributed by atoms with van der Waals surface area (Å²) in [7, 11) is 6.28. The number of hydrogen-bond acceptors (Lipinski definition) is 5. The summed E-state index contributed by atoms with van der Waals surface area (Å²) in [6.45, 7) is 2.05. The minimum Gasteiger partial charge on any atom is -0.493 e. The lowest BCUT2D eigenvalue weighted by Gasteiger charge is -2.32. The maximum atomic E-state index is 12.5. The molecule has 0 spiro atoms. The van der Waals surface area contributed by atoms with Crippen LogP contribution in [0.3, 0.4) is 0 Å². The van der Waals surface area contributed by atoms with Crippen LogP contribution in [-0.4, -0.2) is 45.4 Å². The number of nitrogens with one attached hydrogen (secondary N) is 1. The fourth-order valence-electron chi connectivity index (χ4n) is 2.66. The summed E-state index contributed by atoms with van der Waals surface area (Å²) in [5.74, 6) is 0.926. The molecular formula is C15H22N2O4. The van der Waals surface area contributed by atoms with Crippen molar-refractivity contribution >= 4 is 11.6 Å². The molecule has 0 fully saturated rings. The molecule has 6 heteroatoms. The lowest BCUT2D eigenvalue weighted by molar-refractivity contribution is -0.170. The van der Waals surface area contributed by atoms with Gasteiger partial charge in [-0.15, -0.1) is 0 Å². The van der Waals surface area contributed by atoms with E-state index in [0.29, 0.717) is 17.9 Å². The average molecular weight is 294 g/mol. The number of methoxy groups -OCH3 is 2. The Hall–Kier alpha value is -1.95. The predicted molar refractivity (Wildman–Crippen MR) is 79.8 cm³/mol. The number of amides is 1. The Labute approximate surface area is 124 Å². The zero-order chi connectivity index (χ0) is 15.6. The highest BCUT2D eigenvalue weighted by Crippen LogP contribution is 2.42. The fraction of sp³-hybridized carbons (Fsp3) is 0.533. The predicted octanol–water partition coefficient (Wildman–Crippen LogP) is 2.01. The van der Waals surface area contributed by atoms with Crippen LogP contribution in [0.1, 0.15) is 24.8 Å². The van der Waals surface area contributed by atoms with Gasteiger partial charge >= 0.3 is 0 Å². The van der Waals surface area contributed by atoms with Gasteiger partial charge in [-0.25, -0.2) is 5.06 Å². The molecule has 1 aliphatic heterocycles. The summed E-state index contributed by atoms with van der Waals surface area (Å²) in [5, 5.41) is 4.65. The van der Waals surface area contributed by atoms with Crippen molar-refractivity contribution in [2.45, 2.75) is 25.3 Å². The third-order valence-electron chi connectivity index (χ3n) is 3.80. The van der Waals surface area contributed by atoms with E-state index >= 15 is 0 Å². The molecule has 0 bridgehead atoms. The fourth-order valence-corrected chi connectivity index (χ4v) is 2.66. The van der Waals surface area contributed by atoms with Gasteiger partial charge in [-0.3, -0.25) is 9.63 Å². The van der Waals surface area contributed by atoms with Gasteiger partial charge in [0.15, 0.2) is 11.5 Å². The standard InChI is InChI=1S/C15H22N2O4/c1-9-6-11(15(18)17(2)21-5)10-7-13(19-3)14(20-4)8-12(10)16-9/h7-9,11,16H,6H2,1-5H3. The molecule has 0 saturated carbocycles. The van der Waals surface area contributed by atoms with E-state index in [9.17, 15) is 4.79 Å². The maximum absolute atomic E-state index is 12.5. The summed E-state index contributed by atoms with van der Waals surface area (Å²) >= 11 is 0. The molecule has 2 atom stereocenters. The van der Waals surface area contributed by atoms with E-state index in [1.54, 1.807) is 21.3 Å². The molecule has 0 radical (unpaired) electrons. The van der Waals surface area contributed by atoms with Crippen LogP contribution in [0.15, 0.2) is 12.1 Å². The molecule has 1 N–H and O–H groups in total. The molecule has 1 heterocycles. The Kier molecular flexibility index (Phi) is 4.57. The second-order valence-corrected chi connectivity index (χ2v) is 5.15. The van der Waals surface area contributed by atoms with Crippen LogP contribution in [-0.2, 0) is 9.63 Å². The van der Waals surface area contributed by atoms with Gasteiger partial charge in [0.1, 0.15) is 0 Å². The molecule has 6 nitrogen and oxygen atoms in total. The maximum Gasteiger partial charge on any atom is 0.253 e. The highest BCUT2D eigenvalue weighted by atomic mass is 16.7. The van der Waals surface area contributed by atoms with E-state index < -0.39 is 0 Å². The second-order valence-electron chi connectivity index (χ2n) is 5.15. The van der Waals surface area contributed by atoms with E-state index in [-0.39, 0.29) is 17.9 Å². The summed E-state index contributed by atoms with van der Waals surface area (Å²) in [6, 6.07) is 3.92. The van der Waals surface area contributed by atoms with Crippen LogP contribution >= 0.6 is 0 Å². The average Bonchev–Trinajstić information content (AvgIpc) is 2.51. The molecule has 21 heavy (non-hydrogen) atoms. The zero-order valence-corrected chi connectivity index (χ0v) is 13.1. The van der Waals surface area contributed by atoms with Gasteiger partial charge in [0.2, 0.25) is 0 Å². The molecule has 0 aromatic heterocycles. The van der Waals surface area contributed by atoms with Gasteiger partial charge in [0.05, 0.1) is 27.2 Å². The molecule has 116 valence electrons. The Bertz CT molecular complexity index is 533. The Morgan fingerprint density at radius 2 is 1.86 bits per heavy atom. The van der Waals surface area contributed by atoms with Gasteiger partial charge in [0.25, 0.3) is 5.91 Å². The largest absolute Gasteiger partial charge is 0.493 e. The van der Waals surface area contributed by atoms with Crippen molar-refractivity contribution < 1.29 is 19.1 Å². The van der Waals surface area contributed by atoms with Crippen LogP contribution < -0.4 is 14.8 Å². The molecule has 1 aromatic rings. The normalized spacial score (nSPS) is 20.2. The smallest absolute Gasteiger partial charge is 0.253 e. The summed E-state index contributed by atoms with van der Waals surface area (Å²) in [4.78, 5) is 17.5. The van der Waals surface area contributed by atoms with E-state index in [2.05, 4.69) is 5.32 Å². The van der Waals surface area contributed by atoms with Gasteiger partial charge < -0.3 is 14.8 Å². The first kappa shape index (κ1) is 15.4. The number of carbonyl (C=O) groups excluding carboxylic acids is 1. The van der Waals surface area contributed by atoms with Gasteiger partial charge in [-0.2, -0.15) is 0 Å². The van der Waals surface area contributed by atoms with Crippen molar-refractivity contribution in [3.05, 3.63) is 17.7 Å². The Morgan fingerprint density at radius 3 is 2.43 bits per heavy atom. The molecule has 1 amide bonds. The van der Waals surface area contributed by atoms with Crippen molar-refractivity contribution in [1.82, 2.24) is 5.06 Å². The van der Waals surface area contributed by atoms with Crippen molar-refractivity contribution in [2.75, 3.05) is 33.7 Å². The van der Waals surface area contributed by atoms with E-state index in [0.717, 1.165) is 11.3 Å². The van der Waals surface area contributed by atoms with Crippen LogP contribution in [0.4, 0.5) is 5.69 Å². The van der Waals surface area contributed by atoms with Gasteiger partial charge in [0, 0.05) is 24.8 Å². The van der Waals surface area contributed by atoms with Crippen molar-refractivity contribution in [1.29, 1.82) is 0 Å². The quantitative estimate of drug-likeness (QED) is 0.861. The summed E-state index contributed by atoms with van der Waals surface area (Å²) in [6.07, 6.45) is 0.703. The Morgan fingerprint density at radius 1 is 1.24 bits per heavy atom. The van der Waals surface area contributed by atoms with E-state index in [1.165, 1.54) is 12.2 Å². The summed E-state index contributed by atoms with van der Waals surface area (Å²) in [5.41, 5.74) is 1.80. The number of likely N-dealkylation sites (N-methyl/N-ethyl adjacent to an activating group) is 1. The topological polar surface area (TPSA) is 60.0 Å². The second kappa shape index (κ2) is 6.22. The first-order valence-electron chi connectivity index (χ1n) is 6.86. The van der Waals surface area contributed by atoms with E-state index in [4.69, 9.17) is 14.3 Å². The van der Waals surface area contributed by atoms with Crippen LogP contribution in [0.5, 0.6) is 11.5 Å². The molecule has 2 rings (SSSR count). The monoisotopic (exact) mass is 294 g/mol.